The zero-order valence-corrected chi connectivity index (χ0v) is 17.6. The highest BCUT2D eigenvalue weighted by molar-refractivity contribution is 5.96. The van der Waals surface area contributed by atoms with E-state index in [0.717, 1.165) is 5.69 Å². The Hall–Kier alpha value is -3.07. The number of nitrogens with zero attached hydrogens (tertiary/aromatic N) is 5. The number of carbonyl (C=O) groups excluding carboxylic acids is 2. The smallest absolute Gasteiger partial charge is 0.248 e. The molecule has 3 rings (SSSR count). The van der Waals surface area contributed by atoms with Crippen molar-refractivity contribution in [2.75, 3.05) is 51.2 Å². The van der Waals surface area contributed by atoms with Crippen molar-refractivity contribution in [3.05, 3.63) is 47.7 Å². The number of hydrogen-bond acceptors (Lipinski definition) is 6. The Kier molecular flexibility index (Phi) is 6.61. The fourth-order valence-corrected chi connectivity index (χ4v) is 3.32. The van der Waals surface area contributed by atoms with E-state index in [1.54, 1.807) is 24.1 Å². The number of anilines is 2. The van der Waals surface area contributed by atoms with Gasteiger partial charge in [-0.2, -0.15) is 0 Å². The number of ether oxygens (including phenoxy) is 1. The van der Waals surface area contributed by atoms with Crippen LogP contribution in [0.1, 0.15) is 23.9 Å². The van der Waals surface area contributed by atoms with E-state index in [9.17, 15) is 14.0 Å². The maximum Gasteiger partial charge on any atom is 0.248 e. The van der Waals surface area contributed by atoms with Crippen molar-refractivity contribution in [3.63, 3.8) is 0 Å². The molecule has 8 nitrogen and oxygen atoms in total. The molecule has 1 aromatic carbocycles. The lowest BCUT2D eigenvalue weighted by Gasteiger charge is -2.20. The summed E-state index contributed by atoms with van der Waals surface area (Å²) in [7, 11) is 6.89. The normalized spacial score (nSPS) is 16.1. The molecule has 1 saturated heterocycles. The molecule has 9 heteroatoms. The third kappa shape index (κ3) is 4.91. The standard InChI is InChI=1S/C21H26FN5O3/c1-25(2)19-10-17(23-18(24-19)12-26(3)21(29)13-30-4)14-9-20(28)27(11-14)16-7-5-15(22)6-8-16/h5-8,10,14H,9,11-13H2,1-4H3/t14-/m1/s1. The van der Waals surface area contributed by atoms with Crippen LogP contribution in [0.5, 0.6) is 0 Å². The molecule has 30 heavy (non-hydrogen) atoms. The second kappa shape index (κ2) is 9.17. The van der Waals surface area contributed by atoms with Crippen molar-refractivity contribution in [1.82, 2.24) is 14.9 Å². The molecule has 2 aromatic rings. The van der Waals surface area contributed by atoms with Crippen LogP contribution in [-0.2, 0) is 20.9 Å². The summed E-state index contributed by atoms with van der Waals surface area (Å²) in [6, 6.07) is 7.75. The van der Waals surface area contributed by atoms with Crippen molar-refractivity contribution >= 4 is 23.3 Å². The number of benzene rings is 1. The Morgan fingerprint density at radius 1 is 1.23 bits per heavy atom. The molecule has 1 aliphatic rings. The van der Waals surface area contributed by atoms with Crippen LogP contribution in [-0.4, -0.2) is 68.1 Å². The van der Waals surface area contributed by atoms with Gasteiger partial charge in [-0.25, -0.2) is 14.4 Å². The maximum atomic E-state index is 13.2. The van der Waals surface area contributed by atoms with Gasteiger partial charge in [-0.15, -0.1) is 0 Å². The molecule has 0 radical (unpaired) electrons. The van der Waals surface area contributed by atoms with Gasteiger partial charge in [0.1, 0.15) is 24.1 Å². The molecular weight excluding hydrogens is 389 g/mol. The van der Waals surface area contributed by atoms with Gasteiger partial charge in [0.25, 0.3) is 0 Å². The summed E-state index contributed by atoms with van der Waals surface area (Å²) >= 11 is 0. The SMILES string of the molecule is COCC(=O)N(C)Cc1nc([C@@H]2CC(=O)N(c3ccc(F)cc3)C2)cc(N(C)C)n1. The highest BCUT2D eigenvalue weighted by atomic mass is 19.1. The predicted molar refractivity (Wildman–Crippen MR) is 111 cm³/mol. The van der Waals surface area contributed by atoms with Gasteiger partial charge in [-0.3, -0.25) is 9.59 Å². The Morgan fingerprint density at radius 3 is 2.57 bits per heavy atom. The Bertz CT molecular complexity index is 919. The van der Waals surface area contributed by atoms with Gasteiger partial charge in [0.2, 0.25) is 11.8 Å². The number of hydrogen-bond donors (Lipinski definition) is 0. The van der Waals surface area contributed by atoms with Gasteiger partial charge in [-0.1, -0.05) is 0 Å². The lowest BCUT2D eigenvalue weighted by atomic mass is 10.0. The van der Waals surface area contributed by atoms with Crippen LogP contribution in [0.25, 0.3) is 0 Å². The molecule has 0 bridgehead atoms. The number of aromatic nitrogens is 2. The number of likely N-dealkylation sites (N-methyl/N-ethyl adjacent to an activating group) is 1. The average molecular weight is 415 g/mol. The van der Waals surface area contributed by atoms with E-state index in [2.05, 4.69) is 9.97 Å². The third-order valence-corrected chi connectivity index (χ3v) is 4.99. The Morgan fingerprint density at radius 2 is 1.93 bits per heavy atom. The van der Waals surface area contributed by atoms with E-state index in [1.807, 2.05) is 25.1 Å². The van der Waals surface area contributed by atoms with Crippen LogP contribution >= 0.6 is 0 Å². The van der Waals surface area contributed by atoms with Gasteiger partial charge in [-0.05, 0) is 24.3 Å². The summed E-state index contributed by atoms with van der Waals surface area (Å²) in [5, 5.41) is 0. The van der Waals surface area contributed by atoms with Gasteiger partial charge in [0, 0.05) is 58.9 Å². The zero-order chi connectivity index (χ0) is 21.8. The van der Waals surface area contributed by atoms with Crippen LogP contribution in [0.2, 0.25) is 0 Å². The van der Waals surface area contributed by atoms with Crippen LogP contribution in [0, 0.1) is 5.82 Å². The quantitative estimate of drug-likeness (QED) is 0.686. The van der Waals surface area contributed by atoms with E-state index in [-0.39, 0.29) is 36.7 Å². The van der Waals surface area contributed by atoms with Gasteiger partial charge in [0.15, 0.2) is 0 Å². The predicted octanol–water partition coefficient (Wildman–Crippen LogP) is 1.81. The van der Waals surface area contributed by atoms with Gasteiger partial charge >= 0.3 is 0 Å². The second-order valence-electron chi connectivity index (χ2n) is 7.53. The van der Waals surface area contributed by atoms with Gasteiger partial charge in [0.05, 0.1) is 12.2 Å². The molecule has 0 saturated carbocycles. The summed E-state index contributed by atoms with van der Waals surface area (Å²) in [4.78, 5) is 38.8. The van der Waals surface area contributed by atoms with Crippen LogP contribution in [0.15, 0.2) is 30.3 Å². The first kappa shape index (κ1) is 21.6. The Labute approximate surface area is 175 Å². The number of methoxy groups -OCH3 is 1. The number of halogens is 1. The van der Waals surface area contributed by atoms with Crippen molar-refractivity contribution in [1.29, 1.82) is 0 Å². The van der Waals surface area contributed by atoms with Crippen molar-refractivity contribution in [3.8, 4) is 0 Å². The molecule has 0 unspecified atom stereocenters. The van der Waals surface area contributed by atoms with E-state index in [1.165, 1.54) is 24.1 Å². The molecule has 0 aliphatic carbocycles. The van der Waals surface area contributed by atoms with Crippen molar-refractivity contribution < 1.29 is 18.7 Å². The van der Waals surface area contributed by atoms with Crippen molar-refractivity contribution in [2.45, 2.75) is 18.9 Å². The fourth-order valence-electron chi connectivity index (χ4n) is 3.32. The van der Waals surface area contributed by atoms with Crippen LogP contribution in [0.4, 0.5) is 15.9 Å². The summed E-state index contributed by atoms with van der Waals surface area (Å²) in [6.45, 7) is 0.673. The molecule has 1 atom stereocenters. The minimum absolute atomic E-state index is 0.0134. The van der Waals surface area contributed by atoms with E-state index < -0.39 is 0 Å². The monoisotopic (exact) mass is 415 g/mol. The van der Waals surface area contributed by atoms with Crippen LogP contribution < -0.4 is 9.80 Å². The Balaban J connectivity index is 1.84. The lowest BCUT2D eigenvalue weighted by Crippen LogP contribution is -2.30. The summed E-state index contributed by atoms with van der Waals surface area (Å²) in [5.74, 6) is 0.529. The summed E-state index contributed by atoms with van der Waals surface area (Å²) in [6.07, 6.45) is 0.305. The zero-order valence-electron chi connectivity index (χ0n) is 17.6. The fraction of sp³-hybridized carbons (Fsp3) is 0.429. The average Bonchev–Trinajstić information content (AvgIpc) is 3.10. The van der Waals surface area contributed by atoms with Gasteiger partial charge < -0.3 is 19.4 Å². The minimum Gasteiger partial charge on any atom is -0.375 e. The number of rotatable bonds is 7. The van der Waals surface area contributed by atoms with Crippen LogP contribution in [0.3, 0.4) is 0 Å². The molecule has 2 heterocycles. The molecule has 0 N–H and O–H groups in total. The highest BCUT2D eigenvalue weighted by Gasteiger charge is 2.33. The minimum atomic E-state index is -0.342. The van der Waals surface area contributed by atoms with E-state index >= 15 is 0 Å². The largest absolute Gasteiger partial charge is 0.375 e. The number of amides is 2. The summed E-state index contributed by atoms with van der Waals surface area (Å²) in [5.41, 5.74) is 1.41. The molecule has 2 amide bonds. The van der Waals surface area contributed by atoms with Crippen molar-refractivity contribution in [2.24, 2.45) is 0 Å². The van der Waals surface area contributed by atoms with E-state index in [4.69, 9.17) is 4.74 Å². The number of carbonyl (C=O) groups is 2. The molecular formula is C21H26FN5O3. The topological polar surface area (TPSA) is 78.9 Å². The first-order valence-corrected chi connectivity index (χ1v) is 9.62. The summed E-state index contributed by atoms with van der Waals surface area (Å²) < 4.78 is 18.1. The second-order valence-corrected chi connectivity index (χ2v) is 7.53. The van der Waals surface area contributed by atoms with E-state index in [0.29, 0.717) is 30.3 Å². The third-order valence-electron chi connectivity index (χ3n) is 4.99. The molecule has 1 fully saturated rings. The molecule has 1 aromatic heterocycles. The maximum absolute atomic E-state index is 13.2. The molecule has 0 spiro atoms. The molecule has 1 aliphatic heterocycles. The first-order chi connectivity index (χ1) is 14.3. The lowest BCUT2D eigenvalue weighted by molar-refractivity contribution is -0.134. The molecule has 160 valence electrons. The highest BCUT2D eigenvalue weighted by Crippen LogP contribution is 2.32. The first-order valence-electron chi connectivity index (χ1n) is 9.62.